The summed E-state index contributed by atoms with van der Waals surface area (Å²) in [5.74, 6) is -0.755. The minimum absolute atomic E-state index is 0.170. The second kappa shape index (κ2) is 8.59. The molecule has 2 rings (SSSR count). The van der Waals surface area contributed by atoms with E-state index in [0.29, 0.717) is 12.8 Å². The van der Waals surface area contributed by atoms with E-state index in [1.54, 1.807) is 0 Å². The average molecular weight is 387 g/mol. The molecule has 0 bridgehead atoms. The molecule has 1 aromatic rings. The van der Waals surface area contributed by atoms with Crippen LogP contribution in [0.5, 0.6) is 0 Å². The van der Waals surface area contributed by atoms with E-state index < -0.39 is 18.1 Å². The van der Waals surface area contributed by atoms with Gasteiger partial charge < -0.3 is 10.6 Å². The number of anilines is 1. The van der Waals surface area contributed by atoms with Crippen LogP contribution in [-0.4, -0.2) is 17.3 Å². The molecule has 2 unspecified atom stereocenters. The number of rotatable bonds is 4. The van der Waals surface area contributed by atoms with E-state index in [1.807, 2.05) is 18.2 Å². The predicted molar refractivity (Wildman–Crippen MR) is 106 cm³/mol. The standard InChI is InChI=1S/C20H29F3N2S/c1-12(2)14-8-7-9-15(13(3)4)18(14)25-19(26)24-17-11-6-5-10-16(17)20(21,22)23/h7-9,12-13,16-17H,5-6,10-11H2,1-4H3,(H2,24,25,26). The molecule has 0 amide bonds. The normalized spacial score (nSPS) is 21.1. The predicted octanol–water partition coefficient (Wildman–Crippen LogP) is 6.34. The van der Waals surface area contributed by atoms with Gasteiger partial charge in [0.15, 0.2) is 5.11 Å². The van der Waals surface area contributed by atoms with Crippen molar-refractivity contribution in [3.63, 3.8) is 0 Å². The van der Waals surface area contributed by atoms with E-state index in [1.165, 1.54) is 0 Å². The number of nitrogens with one attached hydrogen (secondary N) is 2. The van der Waals surface area contributed by atoms with Crippen molar-refractivity contribution < 1.29 is 13.2 Å². The fourth-order valence-electron chi connectivity index (χ4n) is 3.71. The second-order valence-electron chi connectivity index (χ2n) is 7.76. The topological polar surface area (TPSA) is 24.1 Å². The molecule has 1 aromatic carbocycles. The Hall–Kier alpha value is -1.30. The minimum Gasteiger partial charge on any atom is -0.359 e. The van der Waals surface area contributed by atoms with E-state index >= 15 is 0 Å². The van der Waals surface area contributed by atoms with Crippen molar-refractivity contribution in [2.75, 3.05) is 5.32 Å². The van der Waals surface area contributed by atoms with Gasteiger partial charge in [-0.15, -0.1) is 0 Å². The molecular weight excluding hydrogens is 357 g/mol. The first kappa shape index (κ1) is 21.0. The Labute approximate surface area is 159 Å². The maximum atomic E-state index is 13.3. The Morgan fingerprint density at radius 2 is 1.58 bits per heavy atom. The van der Waals surface area contributed by atoms with Gasteiger partial charge in [0.05, 0.1) is 5.92 Å². The molecule has 146 valence electrons. The average Bonchev–Trinajstić information content (AvgIpc) is 2.53. The molecule has 1 fully saturated rings. The van der Waals surface area contributed by atoms with Gasteiger partial charge in [-0.1, -0.05) is 58.7 Å². The van der Waals surface area contributed by atoms with E-state index in [0.717, 1.165) is 23.2 Å². The summed E-state index contributed by atoms with van der Waals surface area (Å²) >= 11 is 5.40. The molecule has 1 saturated carbocycles. The Morgan fingerprint density at radius 3 is 2.08 bits per heavy atom. The Balaban J connectivity index is 2.19. The molecule has 0 spiro atoms. The molecule has 2 N–H and O–H groups in total. The number of thiocarbonyl (C=S) groups is 1. The molecule has 26 heavy (non-hydrogen) atoms. The lowest BCUT2D eigenvalue weighted by atomic mass is 9.84. The number of halogens is 3. The van der Waals surface area contributed by atoms with E-state index in [-0.39, 0.29) is 23.4 Å². The van der Waals surface area contributed by atoms with Gasteiger partial charge in [-0.25, -0.2) is 0 Å². The summed E-state index contributed by atoms with van der Waals surface area (Å²) in [7, 11) is 0. The van der Waals surface area contributed by atoms with Crippen LogP contribution >= 0.6 is 12.2 Å². The highest BCUT2D eigenvalue weighted by molar-refractivity contribution is 7.80. The number of benzene rings is 1. The third kappa shape index (κ3) is 5.12. The summed E-state index contributed by atoms with van der Waals surface area (Å²) in [4.78, 5) is 0. The van der Waals surface area contributed by atoms with Gasteiger partial charge in [-0.05, 0) is 48.0 Å². The van der Waals surface area contributed by atoms with E-state index in [9.17, 15) is 13.2 Å². The molecule has 6 heteroatoms. The van der Waals surface area contributed by atoms with E-state index in [2.05, 4.69) is 38.3 Å². The summed E-state index contributed by atoms with van der Waals surface area (Å²) in [6.07, 6.45) is -2.10. The molecule has 2 atom stereocenters. The van der Waals surface area contributed by atoms with Crippen molar-refractivity contribution in [2.24, 2.45) is 5.92 Å². The summed E-state index contributed by atoms with van der Waals surface area (Å²) < 4.78 is 39.9. The van der Waals surface area contributed by atoms with Crippen molar-refractivity contribution in [3.05, 3.63) is 29.3 Å². The summed E-state index contributed by atoms with van der Waals surface area (Å²) in [6, 6.07) is 5.45. The van der Waals surface area contributed by atoms with Crippen LogP contribution in [0.15, 0.2) is 18.2 Å². The van der Waals surface area contributed by atoms with Gasteiger partial charge in [0.2, 0.25) is 0 Å². The van der Waals surface area contributed by atoms with Crippen LogP contribution in [0.3, 0.4) is 0 Å². The van der Waals surface area contributed by atoms with Crippen molar-refractivity contribution in [1.29, 1.82) is 0 Å². The van der Waals surface area contributed by atoms with Crippen LogP contribution < -0.4 is 10.6 Å². The van der Waals surface area contributed by atoms with Crippen LogP contribution in [0.2, 0.25) is 0 Å². The first-order chi connectivity index (χ1) is 12.1. The minimum atomic E-state index is -4.19. The van der Waals surface area contributed by atoms with Gasteiger partial charge in [-0.2, -0.15) is 13.2 Å². The van der Waals surface area contributed by atoms with Crippen LogP contribution in [0.25, 0.3) is 0 Å². The van der Waals surface area contributed by atoms with Crippen molar-refractivity contribution >= 4 is 23.0 Å². The lowest BCUT2D eigenvalue weighted by Crippen LogP contribution is -2.49. The number of para-hydroxylation sites is 1. The van der Waals surface area contributed by atoms with Crippen LogP contribution in [0, 0.1) is 5.92 Å². The Morgan fingerprint density at radius 1 is 1.04 bits per heavy atom. The molecule has 0 radical (unpaired) electrons. The zero-order chi connectivity index (χ0) is 19.5. The molecule has 0 saturated heterocycles. The van der Waals surface area contributed by atoms with Crippen molar-refractivity contribution in [1.82, 2.24) is 5.32 Å². The second-order valence-corrected chi connectivity index (χ2v) is 8.17. The van der Waals surface area contributed by atoms with Crippen molar-refractivity contribution in [2.45, 2.75) is 77.4 Å². The monoisotopic (exact) mass is 386 g/mol. The zero-order valence-corrected chi connectivity index (χ0v) is 16.7. The largest absolute Gasteiger partial charge is 0.393 e. The van der Waals surface area contributed by atoms with Gasteiger partial charge in [0.1, 0.15) is 0 Å². The molecule has 0 aliphatic heterocycles. The summed E-state index contributed by atoms with van der Waals surface area (Å²) in [5.41, 5.74) is 3.17. The highest BCUT2D eigenvalue weighted by atomic mass is 32.1. The lowest BCUT2D eigenvalue weighted by Gasteiger charge is -2.34. The molecule has 2 nitrogen and oxygen atoms in total. The summed E-state index contributed by atoms with van der Waals surface area (Å²) in [6.45, 7) is 8.40. The smallest absolute Gasteiger partial charge is 0.359 e. The molecular formula is C20H29F3N2S. The van der Waals surface area contributed by atoms with Crippen LogP contribution in [0.1, 0.15) is 76.3 Å². The Kier molecular flexibility index (Phi) is 6.94. The quantitative estimate of drug-likeness (QED) is 0.590. The fraction of sp³-hybridized carbons (Fsp3) is 0.650. The molecule has 0 aromatic heterocycles. The third-order valence-corrected chi connectivity index (χ3v) is 5.33. The van der Waals surface area contributed by atoms with E-state index in [4.69, 9.17) is 12.2 Å². The van der Waals surface area contributed by atoms with Gasteiger partial charge >= 0.3 is 6.18 Å². The third-order valence-electron chi connectivity index (χ3n) is 5.11. The number of alkyl halides is 3. The SMILES string of the molecule is CC(C)c1cccc(C(C)C)c1NC(=S)NC1CCCCC1C(F)(F)F. The van der Waals surface area contributed by atoms with Gasteiger partial charge in [0.25, 0.3) is 0 Å². The number of hydrogen-bond donors (Lipinski definition) is 2. The first-order valence-corrected chi connectivity index (χ1v) is 9.79. The van der Waals surface area contributed by atoms with Crippen LogP contribution in [-0.2, 0) is 0 Å². The highest BCUT2D eigenvalue weighted by Crippen LogP contribution is 2.38. The molecule has 1 aliphatic carbocycles. The number of hydrogen-bond acceptors (Lipinski definition) is 1. The fourth-order valence-corrected chi connectivity index (χ4v) is 3.96. The zero-order valence-electron chi connectivity index (χ0n) is 15.9. The maximum absolute atomic E-state index is 13.3. The van der Waals surface area contributed by atoms with Crippen molar-refractivity contribution in [3.8, 4) is 0 Å². The molecule has 1 aliphatic rings. The van der Waals surface area contributed by atoms with Crippen LogP contribution in [0.4, 0.5) is 18.9 Å². The Bertz CT molecular complexity index is 600. The first-order valence-electron chi connectivity index (χ1n) is 9.38. The maximum Gasteiger partial charge on any atom is 0.393 e. The van der Waals surface area contributed by atoms with Gasteiger partial charge in [0, 0.05) is 11.7 Å². The summed E-state index contributed by atoms with van der Waals surface area (Å²) in [5, 5.41) is 6.45. The molecule has 0 heterocycles. The lowest BCUT2D eigenvalue weighted by molar-refractivity contribution is -0.187. The highest BCUT2D eigenvalue weighted by Gasteiger charge is 2.45. The van der Waals surface area contributed by atoms with Gasteiger partial charge in [-0.3, -0.25) is 0 Å².